The number of carbonyl (C=O) groups excluding carboxylic acids is 1. The third kappa shape index (κ3) is 3.18. The number of nitrogens with one attached hydrogen (secondary N) is 1. The van der Waals surface area contributed by atoms with E-state index in [-0.39, 0.29) is 12.5 Å². The number of carboxylic acid groups (broad SMARTS) is 1. The van der Waals surface area contributed by atoms with Gasteiger partial charge in [0.2, 0.25) is 5.91 Å². The van der Waals surface area contributed by atoms with Crippen LogP contribution in [0.3, 0.4) is 0 Å². The Morgan fingerprint density at radius 3 is 2.38 bits per heavy atom. The number of rotatable bonds is 4. The number of hydrogen-bond donors (Lipinski definition) is 3. The fourth-order valence-electron chi connectivity index (χ4n) is 1.47. The summed E-state index contributed by atoms with van der Waals surface area (Å²) in [4.78, 5) is 22.3. The van der Waals surface area contributed by atoms with Crippen molar-refractivity contribution in [2.75, 3.05) is 6.61 Å². The highest BCUT2D eigenvalue weighted by molar-refractivity contribution is 5.83. The van der Waals surface area contributed by atoms with Crippen molar-refractivity contribution in [3.63, 3.8) is 0 Å². The van der Waals surface area contributed by atoms with E-state index in [2.05, 4.69) is 5.32 Å². The van der Waals surface area contributed by atoms with E-state index in [1.165, 1.54) is 0 Å². The van der Waals surface area contributed by atoms with E-state index in [1.54, 1.807) is 13.8 Å². The molecule has 1 saturated heterocycles. The van der Waals surface area contributed by atoms with Gasteiger partial charge in [0.15, 0.2) is 6.10 Å². The predicted octanol–water partition coefficient (Wildman–Crippen LogP) is -0.494. The third-order valence-corrected chi connectivity index (χ3v) is 2.44. The van der Waals surface area contributed by atoms with Gasteiger partial charge in [0.05, 0.1) is 12.1 Å². The largest absolute Gasteiger partial charge is 0.479 e. The van der Waals surface area contributed by atoms with Crippen molar-refractivity contribution in [1.82, 2.24) is 5.32 Å². The van der Waals surface area contributed by atoms with Crippen LogP contribution in [0.15, 0.2) is 0 Å². The molecule has 0 saturated carbocycles. The molecule has 0 radical (unpaired) electrons. The van der Waals surface area contributed by atoms with E-state index in [0.717, 1.165) is 0 Å². The highest BCUT2D eigenvalue weighted by Crippen LogP contribution is 2.20. The number of ether oxygens (including phenoxy) is 1. The number of carboxylic acids is 1. The monoisotopic (exact) mass is 231 g/mol. The molecule has 0 aromatic heterocycles. The van der Waals surface area contributed by atoms with Gasteiger partial charge in [-0.15, -0.1) is 0 Å². The lowest BCUT2D eigenvalue weighted by Gasteiger charge is -2.25. The van der Waals surface area contributed by atoms with Gasteiger partial charge in [0.25, 0.3) is 0 Å². The Bertz CT molecular complexity index is 289. The van der Waals surface area contributed by atoms with E-state index >= 15 is 0 Å². The second-order valence-corrected chi connectivity index (χ2v) is 4.56. The van der Waals surface area contributed by atoms with Crippen LogP contribution in [0.25, 0.3) is 0 Å². The molecule has 3 N–H and O–H groups in total. The Morgan fingerprint density at radius 1 is 1.38 bits per heavy atom. The van der Waals surface area contributed by atoms with Gasteiger partial charge in [-0.2, -0.15) is 0 Å². The first-order valence-electron chi connectivity index (χ1n) is 5.17. The quantitative estimate of drug-likeness (QED) is 0.606. The molecule has 1 aliphatic heterocycles. The maximum atomic E-state index is 11.6. The van der Waals surface area contributed by atoms with Crippen LogP contribution in [0.5, 0.6) is 0 Å². The minimum Gasteiger partial charge on any atom is -0.479 e. The lowest BCUT2D eigenvalue weighted by atomic mass is 10.1. The summed E-state index contributed by atoms with van der Waals surface area (Å²) in [5.74, 6) is -1.42. The fraction of sp³-hybridized carbons (Fsp3) is 0.800. The topological polar surface area (TPSA) is 95.9 Å². The Kier molecular flexibility index (Phi) is 3.88. The molecule has 1 aliphatic rings. The first kappa shape index (κ1) is 12.9. The van der Waals surface area contributed by atoms with Gasteiger partial charge < -0.3 is 20.3 Å². The smallest absolute Gasteiger partial charge is 0.332 e. The highest BCUT2D eigenvalue weighted by atomic mass is 16.5. The molecule has 6 nitrogen and oxygen atoms in total. The first-order valence-corrected chi connectivity index (χ1v) is 5.17. The number of amides is 1. The van der Waals surface area contributed by atoms with E-state index in [0.29, 0.717) is 12.8 Å². The molecule has 0 aromatic rings. The lowest BCUT2D eigenvalue weighted by molar-refractivity contribution is -0.152. The SMILES string of the molecule is CC(C)(CO)NC(=O)[C@@H]1CC[C@H](C(=O)O)O1. The first-order chi connectivity index (χ1) is 7.35. The normalized spacial score (nSPS) is 25.4. The molecule has 2 atom stereocenters. The molecular weight excluding hydrogens is 214 g/mol. The maximum Gasteiger partial charge on any atom is 0.332 e. The molecular formula is C10H17NO5. The summed E-state index contributed by atoms with van der Waals surface area (Å²) < 4.78 is 5.08. The van der Waals surface area contributed by atoms with Crippen LogP contribution in [0.2, 0.25) is 0 Å². The molecule has 1 rings (SSSR count). The fourth-order valence-corrected chi connectivity index (χ4v) is 1.47. The van der Waals surface area contributed by atoms with E-state index in [9.17, 15) is 9.59 Å². The van der Waals surface area contributed by atoms with E-state index < -0.39 is 23.7 Å². The number of carbonyl (C=O) groups is 2. The minimum absolute atomic E-state index is 0.187. The Labute approximate surface area is 93.6 Å². The number of hydrogen-bond acceptors (Lipinski definition) is 4. The van der Waals surface area contributed by atoms with Gasteiger partial charge in [-0.25, -0.2) is 4.79 Å². The average Bonchev–Trinajstić information content (AvgIpc) is 2.66. The summed E-state index contributed by atoms with van der Waals surface area (Å²) in [6.45, 7) is 3.16. The zero-order valence-corrected chi connectivity index (χ0v) is 9.40. The highest BCUT2D eigenvalue weighted by Gasteiger charge is 2.36. The van der Waals surface area contributed by atoms with Gasteiger partial charge in [0.1, 0.15) is 6.10 Å². The molecule has 0 bridgehead atoms. The summed E-state index contributed by atoms with van der Waals surface area (Å²) in [6.07, 6.45) is -0.892. The second kappa shape index (κ2) is 4.80. The summed E-state index contributed by atoms with van der Waals surface area (Å²) in [7, 11) is 0. The van der Waals surface area contributed by atoms with Crippen molar-refractivity contribution in [3.8, 4) is 0 Å². The molecule has 0 unspecified atom stereocenters. The van der Waals surface area contributed by atoms with Crippen LogP contribution < -0.4 is 5.32 Å². The zero-order valence-electron chi connectivity index (χ0n) is 9.40. The van der Waals surface area contributed by atoms with Crippen LogP contribution in [-0.4, -0.2) is 46.4 Å². The third-order valence-electron chi connectivity index (χ3n) is 2.44. The van der Waals surface area contributed by atoms with Crippen LogP contribution in [0.4, 0.5) is 0 Å². The van der Waals surface area contributed by atoms with Crippen molar-refractivity contribution in [1.29, 1.82) is 0 Å². The van der Waals surface area contributed by atoms with E-state index in [4.69, 9.17) is 14.9 Å². The van der Waals surface area contributed by atoms with Crippen molar-refractivity contribution < 1.29 is 24.5 Å². The number of aliphatic hydroxyl groups excluding tert-OH is 1. The lowest BCUT2D eigenvalue weighted by Crippen LogP contribution is -2.50. The molecule has 6 heteroatoms. The molecule has 0 aliphatic carbocycles. The Balaban J connectivity index is 2.48. The van der Waals surface area contributed by atoms with Crippen LogP contribution in [-0.2, 0) is 14.3 Å². The summed E-state index contributed by atoms with van der Waals surface area (Å²) in [5.41, 5.74) is -0.720. The van der Waals surface area contributed by atoms with Gasteiger partial charge in [-0.1, -0.05) is 0 Å². The predicted molar refractivity (Wildman–Crippen MR) is 54.8 cm³/mol. The summed E-state index contributed by atoms with van der Waals surface area (Å²) in [6, 6.07) is 0. The summed E-state index contributed by atoms with van der Waals surface area (Å²) in [5, 5.41) is 20.3. The molecule has 1 fully saturated rings. The molecule has 16 heavy (non-hydrogen) atoms. The van der Waals surface area contributed by atoms with Gasteiger partial charge in [-0.3, -0.25) is 4.79 Å². The van der Waals surface area contributed by atoms with Crippen molar-refractivity contribution in [2.24, 2.45) is 0 Å². The minimum atomic E-state index is -1.04. The van der Waals surface area contributed by atoms with Crippen molar-refractivity contribution in [3.05, 3.63) is 0 Å². The molecule has 1 heterocycles. The van der Waals surface area contributed by atoms with Crippen LogP contribution >= 0.6 is 0 Å². The Morgan fingerprint density at radius 2 is 1.94 bits per heavy atom. The van der Waals surface area contributed by atoms with Crippen molar-refractivity contribution >= 4 is 11.9 Å². The van der Waals surface area contributed by atoms with Crippen LogP contribution in [0.1, 0.15) is 26.7 Å². The maximum absolute atomic E-state index is 11.6. The standard InChI is InChI=1S/C10H17NO5/c1-10(2,5-12)11-8(13)6-3-4-7(16-6)9(14)15/h6-7,12H,3-5H2,1-2H3,(H,11,13)(H,14,15)/t6-,7+/m0/s1. The van der Waals surface area contributed by atoms with Crippen molar-refractivity contribution in [2.45, 2.75) is 44.4 Å². The molecule has 1 amide bonds. The van der Waals surface area contributed by atoms with Gasteiger partial charge in [-0.05, 0) is 26.7 Å². The molecule has 0 spiro atoms. The summed E-state index contributed by atoms with van der Waals surface area (Å²) >= 11 is 0. The van der Waals surface area contributed by atoms with Gasteiger partial charge >= 0.3 is 5.97 Å². The zero-order chi connectivity index (χ0) is 12.3. The molecule has 92 valence electrons. The second-order valence-electron chi connectivity index (χ2n) is 4.56. The number of aliphatic carboxylic acids is 1. The van der Waals surface area contributed by atoms with E-state index in [1.807, 2.05) is 0 Å². The average molecular weight is 231 g/mol. The van der Waals surface area contributed by atoms with Gasteiger partial charge in [0, 0.05) is 0 Å². The Hall–Kier alpha value is -1.14. The number of aliphatic hydroxyl groups is 1. The molecule has 0 aromatic carbocycles. The van der Waals surface area contributed by atoms with Crippen LogP contribution in [0, 0.1) is 0 Å².